The van der Waals surface area contributed by atoms with Gasteiger partial charge in [-0.15, -0.1) is 0 Å². The Balaban J connectivity index is 1.13. The summed E-state index contributed by atoms with van der Waals surface area (Å²) in [7, 11) is -2.86. The van der Waals surface area contributed by atoms with Crippen LogP contribution in [0.4, 0.5) is 4.39 Å². The number of hydrogen-bond acceptors (Lipinski definition) is 5. The molecule has 4 saturated carbocycles. The first-order valence-electron chi connectivity index (χ1n) is 18.9. The van der Waals surface area contributed by atoms with Crippen LogP contribution in [0.3, 0.4) is 0 Å². The van der Waals surface area contributed by atoms with Gasteiger partial charge >= 0.3 is 5.97 Å². The molecule has 0 radical (unpaired) electrons. The molecule has 1 saturated heterocycles. The van der Waals surface area contributed by atoms with Gasteiger partial charge in [0, 0.05) is 31.7 Å². The van der Waals surface area contributed by atoms with Crippen molar-refractivity contribution in [3.05, 3.63) is 41.2 Å². The molecular weight excluding hydrogens is 624 g/mol. The monoisotopic (exact) mass is 682 g/mol. The molecule has 0 unspecified atom stereocenters. The fourth-order valence-corrected chi connectivity index (χ4v) is 14.9. The number of sulfone groups is 1. The van der Waals surface area contributed by atoms with E-state index in [1.807, 2.05) is 6.07 Å². The van der Waals surface area contributed by atoms with E-state index in [1.54, 1.807) is 0 Å². The van der Waals surface area contributed by atoms with Gasteiger partial charge in [0.05, 0.1) is 17.1 Å². The minimum atomic E-state index is -2.86. The molecule has 0 aromatic heterocycles. The molecule has 1 aromatic carbocycles. The summed E-state index contributed by atoms with van der Waals surface area (Å²) in [6.45, 7) is 18.3. The number of fused-ring (bicyclic) bond motifs is 7. The first kappa shape index (κ1) is 34.7. The van der Waals surface area contributed by atoms with Crippen LogP contribution in [-0.2, 0) is 9.84 Å². The van der Waals surface area contributed by atoms with Gasteiger partial charge in [-0.05, 0) is 132 Å². The van der Waals surface area contributed by atoms with Crippen molar-refractivity contribution in [1.29, 1.82) is 0 Å². The lowest BCUT2D eigenvalue weighted by Gasteiger charge is -2.72. The average molecular weight is 683 g/mol. The van der Waals surface area contributed by atoms with E-state index in [2.05, 4.69) is 57.8 Å². The zero-order valence-corrected chi connectivity index (χ0v) is 31.0. The molecule has 266 valence electrons. The number of carboxylic acid groups (broad SMARTS) is 1. The predicted molar refractivity (Wildman–Crippen MR) is 190 cm³/mol. The third-order valence-electron chi connectivity index (χ3n) is 16.2. The summed E-state index contributed by atoms with van der Waals surface area (Å²) in [5.74, 6) is 1.91. The first-order valence-corrected chi connectivity index (χ1v) is 20.7. The summed E-state index contributed by atoms with van der Waals surface area (Å²) < 4.78 is 38.8. The van der Waals surface area contributed by atoms with Crippen LogP contribution in [0.1, 0.15) is 115 Å². The SMILES string of the molecule is C[C@@H]1CC[C@]2(NCCN3CCS(=O)(=O)CC3)CC[C@]3(C)[C@H](CC[C@@H]4[C@@]5(C)CC=C(c6ccc(C(=O)O)c(F)c6)C(C)(C)[C@@H]5CC[C@]43C)[C@@H]12. The van der Waals surface area contributed by atoms with Gasteiger partial charge in [0.25, 0.3) is 0 Å². The molecule has 5 aliphatic carbocycles. The Labute approximate surface area is 288 Å². The number of allylic oxidation sites excluding steroid dienone is 2. The second-order valence-electron chi connectivity index (χ2n) is 18.3. The lowest BCUT2D eigenvalue weighted by Crippen LogP contribution is -2.68. The summed E-state index contributed by atoms with van der Waals surface area (Å²) in [4.78, 5) is 13.8. The molecule has 0 amide bonds. The predicted octanol–water partition coefficient (Wildman–Crippen LogP) is 7.69. The van der Waals surface area contributed by atoms with Gasteiger partial charge in [-0.2, -0.15) is 0 Å². The topological polar surface area (TPSA) is 86.7 Å². The van der Waals surface area contributed by atoms with Crippen LogP contribution in [0.2, 0.25) is 0 Å². The second-order valence-corrected chi connectivity index (χ2v) is 20.6. The lowest BCUT2D eigenvalue weighted by atomic mass is 9.33. The number of benzene rings is 1. The van der Waals surface area contributed by atoms with Crippen LogP contribution in [-0.4, -0.2) is 67.6 Å². The standard InChI is InChI=1S/C40H59FN2O4S/c1-26-11-16-40(42-19-20-43-21-23-48(46,47)24-22-43)18-17-38(5)30(34(26)40)9-10-33-37(4)14-12-29(27-7-8-28(35(44)45)31(41)25-27)36(2,3)32(37)13-15-39(33,38)6/h7-8,12,25-26,30,32-34,42H,9-11,13-24H2,1-6H3,(H,44,45)/t26-,30-,32+,33-,34-,37+,38-,39-,40+/m1/s1. The fourth-order valence-electron chi connectivity index (χ4n) is 13.6. The summed E-state index contributed by atoms with van der Waals surface area (Å²) in [5, 5.41) is 13.6. The number of nitrogens with one attached hydrogen (secondary N) is 1. The van der Waals surface area contributed by atoms with Gasteiger partial charge in [-0.25, -0.2) is 17.6 Å². The van der Waals surface area contributed by atoms with Gasteiger partial charge in [0.1, 0.15) is 5.82 Å². The maximum Gasteiger partial charge on any atom is 0.338 e. The van der Waals surface area contributed by atoms with E-state index in [0.717, 1.165) is 25.1 Å². The highest BCUT2D eigenvalue weighted by molar-refractivity contribution is 7.91. The normalized spacial score (nSPS) is 43.3. The Kier molecular flexibility index (Phi) is 8.40. The number of rotatable bonds is 6. The lowest BCUT2D eigenvalue weighted by molar-refractivity contribution is -0.220. The Morgan fingerprint density at radius 1 is 0.958 bits per heavy atom. The van der Waals surface area contributed by atoms with Gasteiger partial charge < -0.3 is 15.3 Å². The number of nitrogens with zero attached hydrogens (tertiary/aromatic N) is 1. The van der Waals surface area contributed by atoms with Crippen LogP contribution < -0.4 is 5.32 Å². The molecule has 8 heteroatoms. The van der Waals surface area contributed by atoms with Crippen molar-refractivity contribution in [2.45, 2.75) is 105 Å². The van der Waals surface area contributed by atoms with Crippen molar-refractivity contribution >= 4 is 21.4 Å². The highest BCUT2D eigenvalue weighted by atomic mass is 32.2. The van der Waals surface area contributed by atoms with E-state index in [-0.39, 0.29) is 32.8 Å². The molecular formula is C40H59FN2O4S. The minimum Gasteiger partial charge on any atom is -0.478 e. The van der Waals surface area contributed by atoms with Crippen molar-refractivity contribution in [2.75, 3.05) is 37.7 Å². The van der Waals surface area contributed by atoms with Crippen molar-refractivity contribution in [3.8, 4) is 0 Å². The second kappa shape index (κ2) is 11.6. The summed E-state index contributed by atoms with van der Waals surface area (Å²) >= 11 is 0. The Bertz CT molecular complexity index is 1590. The van der Waals surface area contributed by atoms with Crippen LogP contribution in [0, 0.1) is 57.1 Å². The molecule has 0 bridgehead atoms. The van der Waals surface area contributed by atoms with Crippen LogP contribution in [0.25, 0.3) is 5.57 Å². The molecule has 6 nitrogen and oxygen atoms in total. The van der Waals surface area contributed by atoms with Crippen molar-refractivity contribution < 1.29 is 22.7 Å². The van der Waals surface area contributed by atoms with Gasteiger partial charge in [-0.1, -0.05) is 53.7 Å². The zero-order chi connectivity index (χ0) is 34.5. The molecule has 9 atom stereocenters. The Morgan fingerprint density at radius 2 is 1.69 bits per heavy atom. The molecule has 1 heterocycles. The Morgan fingerprint density at radius 3 is 2.38 bits per heavy atom. The van der Waals surface area contributed by atoms with E-state index >= 15 is 0 Å². The van der Waals surface area contributed by atoms with Gasteiger partial charge in [0.15, 0.2) is 9.84 Å². The Hall–Kier alpha value is -1.77. The molecule has 6 aliphatic rings. The maximum atomic E-state index is 14.9. The van der Waals surface area contributed by atoms with E-state index < -0.39 is 21.6 Å². The molecule has 0 spiro atoms. The van der Waals surface area contributed by atoms with Crippen molar-refractivity contribution in [2.24, 2.45) is 51.2 Å². The highest BCUT2D eigenvalue weighted by Crippen LogP contribution is 2.76. The molecule has 2 N–H and O–H groups in total. The minimum absolute atomic E-state index is 0.145. The number of aromatic carboxylic acids is 1. The van der Waals surface area contributed by atoms with E-state index in [4.69, 9.17) is 0 Å². The molecule has 1 aromatic rings. The van der Waals surface area contributed by atoms with Crippen molar-refractivity contribution in [3.63, 3.8) is 0 Å². The number of halogens is 1. The number of carbonyl (C=O) groups is 1. The van der Waals surface area contributed by atoms with E-state index in [0.29, 0.717) is 54.2 Å². The van der Waals surface area contributed by atoms with Crippen molar-refractivity contribution in [1.82, 2.24) is 10.2 Å². The van der Waals surface area contributed by atoms with E-state index in [9.17, 15) is 22.7 Å². The quantitative estimate of drug-likeness (QED) is 0.320. The van der Waals surface area contributed by atoms with Gasteiger partial charge in [-0.3, -0.25) is 0 Å². The van der Waals surface area contributed by atoms with Gasteiger partial charge in [0.2, 0.25) is 0 Å². The first-order chi connectivity index (χ1) is 22.5. The maximum absolute atomic E-state index is 14.9. The van der Waals surface area contributed by atoms with Crippen LogP contribution >= 0.6 is 0 Å². The van der Waals surface area contributed by atoms with E-state index in [1.165, 1.54) is 69.1 Å². The van der Waals surface area contributed by atoms with Crippen LogP contribution in [0.5, 0.6) is 0 Å². The smallest absolute Gasteiger partial charge is 0.338 e. The van der Waals surface area contributed by atoms with Crippen LogP contribution in [0.15, 0.2) is 24.3 Å². The highest BCUT2D eigenvalue weighted by Gasteiger charge is 2.70. The molecule has 7 rings (SSSR count). The number of hydrogen-bond donors (Lipinski definition) is 2. The molecule has 1 aliphatic heterocycles. The fraction of sp³-hybridized carbons (Fsp3) is 0.775. The third kappa shape index (κ3) is 5.11. The third-order valence-corrected chi connectivity index (χ3v) is 17.8. The molecule has 48 heavy (non-hydrogen) atoms. The summed E-state index contributed by atoms with van der Waals surface area (Å²) in [6, 6.07) is 4.69. The molecule has 5 fully saturated rings. The largest absolute Gasteiger partial charge is 0.478 e. The summed E-state index contributed by atoms with van der Waals surface area (Å²) in [5.41, 5.74) is 2.48. The summed E-state index contributed by atoms with van der Waals surface area (Å²) in [6.07, 6.45) is 13.4. The average Bonchev–Trinajstić information content (AvgIpc) is 3.34. The zero-order valence-electron chi connectivity index (χ0n) is 30.2. The number of carboxylic acids is 1.